The van der Waals surface area contributed by atoms with Gasteiger partial charge in [0.15, 0.2) is 11.5 Å². The Morgan fingerprint density at radius 1 is 1.17 bits per heavy atom. The van der Waals surface area contributed by atoms with Crippen molar-refractivity contribution >= 4 is 11.8 Å². The first-order valence-corrected chi connectivity index (χ1v) is 7.40. The Balaban J connectivity index is 2.02. The van der Waals surface area contributed by atoms with E-state index in [4.69, 9.17) is 9.47 Å². The second-order valence-electron chi connectivity index (χ2n) is 4.53. The Bertz CT molecular complexity index is 402. The number of hydrogen-bond acceptors (Lipinski definition) is 4. The van der Waals surface area contributed by atoms with E-state index < -0.39 is 5.60 Å². The smallest absolute Gasteiger partial charge is 0.162 e. The summed E-state index contributed by atoms with van der Waals surface area (Å²) in [7, 11) is 0. The molecule has 18 heavy (non-hydrogen) atoms. The summed E-state index contributed by atoms with van der Waals surface area (Å²) in [4.78, 5) is 1.11. The number of aliphatic hydroxyl groups is 1. The molecule has 0 saturated carbocycles. The number of fused-ring (bicyclic) bond motifs is 1. The average molecular weight is 268 g/mol. The molecule has 1 aromatic carbocycles. The van der Waals surface area contributed by atoms with Crippen molar-refractivity contribution in [1.82, 2.24) is 0 Å². The zero-order chi connectivity index (χ0) is 13.0. The van der Waals surface area contributed by atoms with Crippen LogP contribution in [0.15, 0.2) is 23.1 Å². The van der Waals surface area contributed by atoms with Crippen LogP contribution >= 0.6 is 11.8 Å². The highest BCUT2D eigenvalue weighted by Gasteiger charge is 2.22. The fraction of sp³-hybridized carbons (Fsp3) is 0.571. The van der Waals surface area contributed by atoms with Gasteiger partial charge < -0.3 is 14.6 Å². The van der Waals surface area contributed by atoms with Gasteiger partial charge in [0.25, 0.3) is 0 Å². The fourth-order valence-corrected chi connectivity index (χ4v) is 2.98. The lowest BCUT2D eigenvalue weighted by molar-refractivity contribution is 0.0572. The topological polar surface area (TPSA) is 38.7 Å². The van der Waals surface area contributed by atoms with E-state index in [1.807, 2.05) is 32.0 Å². The van der Waals surface area contributed by atoms with E-state index in [-0.39, 0.29) is 0 Å². The summed E-state index contributed by atoms with van der Waals surface area (Å²) in [5.74, 6) is 2.33. The second-order valence-corrected chi connectivity index (χ2v) is 5.57. The van der Waals surface area contributed by atoms with Crippen LogP contribution in [0, 0.1) is 0 Å². The van der Waals surface area contributed by atoms with Gasteiger partial charge in [0, 0.05) is 10.6 Å². The van der Waals surface area contributed by atoms with Crippen molar-refractivity contribution in [3.8, 4) is 11.5 Å². The lowest BCUT2D eigenvalue weighted by Gasteiger charge is -2.25. The summed E-state index contributed by atoms with van der Waals surface area (Å²) in [5, 5.41) is 10.3. The molecule has 0 fully saturated rings. The largest absolute Gasteiger partial charge is 0.486 e. The number of benzene rings is 1. The molecule has 0 unspecified atom stereocenters. The first-order chi connectivity index (χ1) is 8.67. The van der Waals surface area contributed by atoms with E-state index in [0.29, 0.717) is 19.0 Å². The van der Waals surface area contributed by atoms with Gasteiger partial charge in [0.05, 0.1) is 5.60 Å². The van der Waals surface area contributed by atoms with Crippen LogP contribution < -0.4 is 9.47 Å². The molecule has 4 heteroatoms. The van der Waals surface area contributed by atoms with Crippen molar-refractivity contribution in [2.24, 2.45) is 0 Å². The highest BCUT2D eigenvalue weighted by Crippen LogP contribution is 2.35. The monoisotopic (exact) mass is 268 g/mol. The third-order valence-corrected chi connectivity index (χ3v) is 4.61. The van der Waals surface area contributed by atoms with Crippen LogP contribution in [0.4, 0.5) is 0 Å². The van der Waals surface area contributed by atoms with Crippen molar-refractivity contribution in [1.29, 1.82) is 0 Å². The van der Waals surface area contributed by atoms with Crippen LogP contribution in [-0.4, -0.2) is 29.7 Å². The van der Waals surface area contributed by atoms with Gasteiger partial charge in [-0.1, -0.05) is 13.8 Å². The summed E-state index contributed by atoms with van der Waals surface area (Å²) in [6.07, 6.45) is 1.56. The maximum Gasteiger partial charge on any atom is 0.162 e. The van der Waals surface area contributed by atoms with E-state index in [0.717, 1.165) is 29.2 Å². The summed E-state index contributed by atoms with van der Waals surface area (Å²) < 4.78 is 11.0. The fourth-order valence-electron chi connectivity index (χ4n) is 1.79. The molecule has 0 radical (unpaired) electrons. The van der Waals surface area contributed by atoms with Gasteiger partial charge in [0.2, 0.25) is 0 Å². The van der Waals surface area contributed by atoms with Crippen molar-refractivity contribution in [2.75, 3.05) is 19.0 Å². The number of rotatable bonds is 5. The maximum atomic E-state index is 10.3. The Morgan fingerprint density at radius 2 is 1.83 bits per heavy atom. The molecule has 0 saturated heterocycles. The molecule has 3 nitrogen and oxygen atoms in total. The molecule has 0 aliphatic carbocycles. The molecule has 0 spiro atoms. The van der Waals surface area contributed by atoms with Crippen LogP contribution in [0.25, 0.3) is 0 Å². The van der Waals surface area contributed by atoms with Gasteiger partial charge in [0.1, 0.15) is 13.2 Å². The third kappa shape index (κ3) is 3.12. The van der Waals surface area contributed by atoms with Crippen molar-refractivity contribution in [2.45, 2.75) is 37.2 Å². The molecule has 1 aromatic rings. The van der Waals surface area contributed by atoms with Crippen molar-refractivity contribution < 1.29 is 14.6 Å². The molecule has 0 atom stereocenters. The predicted octanol–water partition coefficient (Wildman–Crippen LogP) is 3.10. The summed E-state index contributed by atoms with van der Waals surface area (Å²) in [6, 6.07) is 5.95. The Morgan fingerprint density at radius 3 is 2.50 bits per heavy atom. The Kier molecular flexibility index (Phi) is 4.40. The first-order valence-electron chi connectivity index (χ1n) is 6.41. The van der Waals surface area contributed by atoms with Crippen LogP contribution in [0.5, 0.6) is 11.5 Å². The molecule has 2 rings (SSSR count). The zero-order valence-corrected chi connectivity index (χ0v) is 11.8. The molecule has 0 bridgehead atoms. The molecular weight excluding hydrogens is 248 g/mol. The Labute approximate surface area is 112 Å². The summed E-state index contributed by atoms with van der Waals surface area (Å²) in [5.41, 5.74) is -0.572. The number of hydrogen-bond donors (Lipinski definition) is 1. The van der Waals surface area contributed by atoms with Gasteiger partial charge in [-0.15, -0.1) is 11.8 Å². The normalized spacial score (nSPS) is 14.6. The SMILES string of the molecule is CCC(O)(CC)CSc1ccc2c(c1)OCCO2. The zero-order valence-electron chi connectivity index (χ0n) is 10.9. The van der Waals surface area contributed by atoms with E-state index in [1.165, 1.54) is 0 Å². The van der Waals surface area contributed by atoms with Crippen LogP contribution in [-0.2, 0) is 0 Å². The lowest BCUT2D eigenvalue weighted by Crippen LogP contribution is -2.29. The van der Waals surface area contributed by atoms with E-state index in [2.05, 4.69) is 0 Å². The molecule has 1 N–H and O–H groups in total. The molecule has 1 aliphatic rings. The highest BCUT2D eigenvalue weighted by molar-refractivity contribution is 7.99. The van der Waals surface area contributed by atoms with Gasteiger partial charge >= 0.3 is 0 Å². The standard InChI is InChI=1S/C14H20O3S/c1-3-14(15,4-2)10-18-11-5-6-12-13(9-11)17-8-7-16-12/h5-6,9,15H,3-4,7-8,10H2,1-2H3. The third-order valence-electron chi connectivity index (χ3n) is 3.34. The molecule has 1 heterocycles. The minimum absolute atomic E-state index is 0.572. The Hall–Kier alpha value is -0.870. The van der Waals surface area contributed by atoms with Gasteiger partial charge in [-0.3, -0.25) is 0 Å². The van der Waals surface area contributed by atoms with Crippen molar-refractivity contribution in [3.63, 3.8) is 0 Å². The quantitative estimate of drug-likeness (QED) is 0.833. The van der Waals surface area contributed by atoms with Gasteiger partial charge in [-0.2, -0.15) is 0 Å². The molecular formula is C14H20O3S. The molecule has 0 amide bonds. The molecule has 100 valence electrons. The predicted molar refractivity (Wildman–Crippen MR) is 73.7 cm³/mol. The highest BCUT2D eigenvalue weighted by atomic mass is 32.2. The second kappa shape index (κ2) is 5.85. The molecule has 0 aromatic heterocycles. The number of thioether (sulfide) groups is 1. The average Bonchev–Trinajstić information content (AvgIpc) is 2.44. The van der Waals surface area contributed by atoms with E-state index >= 15 is 0 Å². The van der Waals surface area contributed by atoms with Crippen LogP contribution in [0.3, 0.4) is 0 Å². The van der Waals surface area contributed by atoms with Gasteiger partial charge in [-0.25, -0.2) is 0 Å². The van der Waals surface area contributed by atoms with E-state index in [9.17, 15) is 5.11 Å². The van der Waals surface area contributed by atoms with Crippen molar-refractivity contribution in [3.05, 3.63) is 18.2 Å². The summed E-state index contributed by atoms with van der Waals surface area (Å²) in [6.45, 7) is 5.27. The molecule has 1 aliphatic heterocycles. The number of ether oxygens (including phenoxy) is 2. The summed E-state index contributed by atoms with van der Waals surface area (Å²) >= 11 is 1.66. The van der Waals surface area contributed by atoms with Crippen LogP contribution in [0.1, 0.15) is 26.7 Å². The minimum Gasteiger partial charge on any atom is -0.486 e. The van der Waals surface area contributed by atoms with E-state index in [1.54, 1.807) is 11.8 Å². The lowest BCUT2D eigenvalue weighted by atomic mass is 10.0. The minimum atomic E-state index is -0.572. The van der Waals surface area contributed by atoms with Crippen LogP contribution in [0.2, 0.25) is 0 Å². The van der Waals surface area contributed by atoms with Gasteiger partial charge in [-0.05, 0) is 31.0 Å². The first kappa shape index (κ1) is 13.6. The maximum absolute atomic E-state index is 10.3.